The molecule has 17 heavy (non-hydrogen) atoms. The van der Waals surface area contributed by atoms with Crippen LogP contribution >= 0.6 is 0 Å². The van der Waals surface area contributed by atoms with Crippen molar-refractivity contribution in [2.75, 3.05) is 7.11 Å². The minimum Gasteiger partial charge on any atom is -0.496 e. The summed E-state index contributed by atoms with van der Waals surface area (Å²) in [5.41, 5.74) is 3.35. The highest BCUT2D eigenvalue weighted by Gasteiger charge is 2.15. The Morgan fingerprint density at radius 2 is 2.18 bits per heavy atom. The monoisotopic (exact) mass is 233 g/mol. The van der Waals surface area contributed by atoms with E-state index in [-0.39, 0.29) is 5.56 Å². The SMILES string of the molecule is CCc1[nH]c2cc(OC)c(C(=O)O)cc2c1C. The van der Waals surface area contributed by atoms with Gasteiger partial charge in [-0.15, -0.1) is 0 Å². The quantitative estimate of drug-likeness (QED) is 0.856. The molecule has 2 rings (SSSR count). The van der Waals surface area contributed by atoms with E-state index in [2.05, 4.69) is 11.9 Å². The number of carboxylic acid groups (broad SMARTS) is 1. The average molecular weight is 233 g/mol. The van der Waals surface area contributed by atoms with Crippen molar-refractivity contribution in [3.8, 4) is 5.75 Å². The van der Waals surface area contributed by atoms with Gasteiger partial charge in [-0.2, -0.15) is 0 Å². The van der Waals surface area contributed by atoms with Crippen molar-refractivity contribution in [3.05, 3.63) is 29.0 Å². The summed E-state index contributed by atoms with van der Waals surface area (Å²) in [5, 5.41) is 10.1. The molecule has 0 aliphatic rings. The lowest BCUT2D eigenvalue weighted by Gasteiger charge is -2.04. The topological polar surface area (TPSA) is 62.3 Å². The van der Waals surface area contributed by atoms with Gasteiger partial charge in [-0.3, -0.25) is 0 Å². The fourth-order valence-corrected chi connectivity index (χ4v) is 2.10. The molecule has 0 saturated carbocycles. The lowest BCUT2D eigenvalue weighted by Crippen LogP contribution is -2.00. The molecule has 0 aliphatic heterocycles. The number of aromatic nitrogens is 1. The van der Waals surface area contributed by atoms with E-state index in [0.717, 1.165) is 28.6 Å². The third-order valence-corrected chi connectivity index (χ3v) is 3.07. The maximum absolute atomic E-state index is 11.1. The molecule has 0 bridgehead atoms. The van der Waals surface area contributed by atoms with Gasteiger partial charge < -0.3 is 14.8 Å². The van der Waals surface area contributed by atoms with Crippen molar-refractivity contribution in [2.45, 2.75) is 20.3 Å². The highest BCUT2D eigenvalue weighted by molar-refractivity contribution is 5.98. The molecular formula is C13H15NO3. The molecule has 0 radical (unpaired) electrons. The maximum atomic E-state index is 11.1. The van der Waals surface area contributed by atoms with Crippen molar-refractivity contribution in [2.24, 2.45) is 0 Å². The van der Waals surface area contributed by atoms with Crippen LogP contribution in [-0.4, -0.2) is 23.2 Å². The van der Waals surface area contributed by atoms with E-state index in [4.69, 9.17) is 9.84 Å². The normalized spacial score (nSPS) is 10.8. The maximum Gasteiger partial charge on any atom is 0.339 e. The molecule has 0 fully saturated rings. The Bertz CT molecular complexity index is 584. The molecule has 0 atom stereocenters. The summed E-state index contributed by atoms with van der Waals surface area (Å²) in [6.45, 7) is 4.06. The van der Waals surface area contributed by atoms with Crippen molar-refractivity contribution in [3.63, 3.8) is 0 Å². The molecule has 0 aliphatic carbocycles. The second-order valence-corrected chi connectivity index (χ2v) is 3.99. The number of aromatic amines is 1. The number of carbonyl (C=O) groups is 1. The van der Waals surface area contributed by atoms with Crippen LogP contribution in [0.25, 0.3) is 10.9 Å². The van der Waals surface area contributed by atoms with Gasteiger partial charge in [-0.1, -0.05) is 6.92 Å². The molecule has 0 saturated heterocycles. The highest BCUT2D eigenvalue weighted by Crippen LogP contribution is 2.29. The number of benzene rings is 1. The fraction of sp³-hybridized carbons (Fsp3) is 0.308. The van der Waals surface area contributed by atoms with Crippen molar-refractivity contribution >= 4 is 16.9 Å². The van der Waals surface area contributed by atoms with Gasteiger partial charge in [0.05, 0.1) is 7.11 Å². The Hall–Kier alpha value is -1.97. The van der Waals surface area contributed by atoms with E-state index in [1.54, 1.807) is 12.1 Å². The number of ether oxygens (including phenoxy) is 1. The summed E-state index contributed by atoms with van der Waals surface area (Å²) in [7, 11) is 1.48. The van der Waals surface area contributed by atoms with Gasteiger partial charge in [0.1, 0.15) is 11.3 Å². The van der Waals surface area contributed by atoms with E-state index < -0.39 is 5.97 Å². The zero-order chi connectivity index (χ0) is 12.6. The first-order chi connectivity index (χ1) is 8.08. The van der Waals surface area contributed by atoms with E-state index in [1.165, 1.54) is 7.11 Å². The van der Waals surface area contributed by atoms with E-state index >= 15 is 0 Å². The predicted octanol–water partition coefficient (Wildman–Crippen LogP) is 2.75. The van der Waals surface area contributed by atoms with Crippen molar-refractivity contribution < 1.29 is 14.6 Å². The molecule has 1 heterocycles. The fourth-order valence-electron chi connectivity index (χ4n) is 2.10. The smallest absolute Gasteiger partial charge is 0.339 e. The summed E-state index contributed by atoms with van der Waals surface area (Å²) in [4.78, 5) is 14.4. The van der Waals surface area contributed by atoms with E-state index in [0.29, 0.717) is 5.75 Å². The van der Waals surface area contributed by atoms with Crippen LogP contribution in [0.2, 0.25) is 0 Å². The van der Waals surface area contributed by atoms with Crippen LogP contribution in [0.3, 0.4) is 0 Å². The van der Waals surface area contributed by atoms with E-state index in [1.807, 2.05) is 6.92 Å². The number of carboxylic acids is 1. The van der Waals surface area contributed by atoms with Crippen molar-refractivity contribution in [1.82, 2.24) is 4.98 Å². The first-order valence-electron chi connectivity index (χ1n) is 5.51. The van der Waals surface area contributed by atoms with Gasteiger partial charge in [0.15, 0.2) is 0 Å². The Labute approximate surface area is 99.2 Å². The number of nitrogens with one attached hydrogen (secondary N) is 1. The number of hydrogen-bond donors (Lipinski definition) is 2. The average Bonchev–Trinajstić information content (AvgIpc) is 2.64. The molecule has 4 nitrogen and oxygen atoms in total. The van der Waals surface area contributed by atoms with Crippen LogP contribution in [0.1, 0.15) is 28.5 Å². The van der Waals surface area contributed by atoms with Crippen LogP contribution in [0, 0.1) is 6.92 Å². The van der Waals surface area contributed by atoms with Gasteiger partial charge >= 0.3 is 5.97 Å². The summed E-state index contributed by atoms with van der Waals surface area (Å²) in [6.07, 6.45) is 0.894. The zero-order valence-corrected chi connectivity index (χ0v) is 10.1. The number of H-pyrrole nitrogens is 1. The molecule has 2 N–H and O–H groups in total. The minimum atomic E-state index is -0.970. The third-order valence-electron chi connectivity index (χ3n) is 3.07. The number of rotatable bonds is 3. The summed E-state index contributed by atoms with van der Waals surface area (Å²) in [5.74, 6) is -0.587. The van der Waals surface area contributed by atoms with Gasteiger partial charge in [-0.25, -0.2) is 4.79 Å². The number of aromatic carboxylic acids is 1. The van der Waals surface area contributed by atoms with Crippen LogP contribution in [0.5, 0.6) is 5.75 Å². The lowest BCUT2D eigenvalue weighted by molar-refractivity contribution is 0.0693. The molecule has 1 aromatic heterocycles. The molecule has 0 unspecified atom stereocenters. The number of aryl methyl sites for hydroxylation is 2. The molecule has 2 aromatic rings. The Kier molecular flexibility index (Phi) is 2.79. The molecule has 4 heteroatoms. The van der Waals surface area contributed by atoms with Gasteiger partial charge in [-0.05, 0) is 25.0 Å². The van der Waals surface area contributed by atoms with Gasteiger partial charge in [0.2, 0.25) is 0 Å². The first kappa shape index (κ1) is 11.5. The van der Waals surface area contributed by atoms with E-state index in [9.17, 15) is 4.79 Å². The number of methoxy groups -OCH3 is 1. The Morgan fingerprint density at radius 1 is 1.47 bits per heavy atom. The van der Waals surface area contributed by atoms with Gasteiger partial charge in [0.25, 0.3) is 0 Å². The largest absolute Gasteiger partial charge is 0.496 e. The Morgan fingerprint density at radius 3 is 2.71 bits per heavy atom. The van der Waals surface area contributed by atoms with Crippen LogP contribution < -0.4 is 4.74 Å². The van der Waals surface area contributed by atoms with Crippen molar-refractivity contribution in [1.29, 1.82) is 0 Å². The zero-order valence-electron chi connectivity index (χ0n) is 10.1. The number of fused-ring (bicyclic) bond motifs is 1. The minimum absolute atomic E-state index is 0.199. The molecular weight excluding hydrogens is 218 g/mol. The third kappa shape index (κ3) is 1.75. The van der Waals surface area contributed by atoms with Crippen LogP contribution in [0.4, 0.5) is 0 Å². The summed E-state index contributed by atoms with van der Waals surface area (Å²) in [6, 6.07) is 3.41. The Balaban J connectivity index is 2.76. The lowest BCUT2D eigenvalue weighted by atomic mass is 10.1. The first-order valence-corrected chi connectivity index (χ1v) is 5.51. The summed E-state index contributed by atoms with van der Waals surface area (Å²) >= 11 is 0. The van der Waals surface area contributed by atoms with Crippen LogP contribution in [-0.2, 0) is 6.42 Å². The standard InChI is InChI=1S/C13H15NO3/c1-4-10-7(2)8-5-9(13(15)16)12(17-3)6-11(8)14-10/h5-6,14H,4H2,1-3H3,(H,15,16). The summed E-state index contributed by atoms with van der Waals surface area (Å²) < 4.78 is 5.10. The molecule has 90 valence electrons. The second-order valence-electron chi connectivity index (χ2n) is 3.99. The van der Waals surface area contributed by atoms with Gasteiger partial charge in [0, 0.05) is 22.7 Å². The molecule has 0 amide bonds. The van der Waals surface area contributed by atoms with Crippen LogP contribution in [0.15, 0.2) is 12.1 Å². The number of hydrogen-bond acceptors (Lipinski definition) is 2. The molecule has 1 aromatic carbocycles. The predicted molar refractivity (Wildman–Crippen MR) is 65.9 cm³/mol. The molecule has 0 spiro atoms. The second kappa shape index (κ2) is 4.13. The highest BCUT2D eigenvalue weighted by atomic mass is 16.5.